The van der Waals surface area contributed by atoms with Gasteiger partial charge >= 0.3 is 12.1 Å². The van der Waals surface area contributed by atoms with E-state index in [9.17, 15) is 22.4 Å². The Kier molecular flexibility index (Phi) is 6.65. The predicted molar refractivity (Wildman–Crippen MR) is 101 cm³/mol. The fraction of sp³-hybridized carbons (Fsp3) is 0.500. The van der Waals surface area contributed by atoms with E-state index in [4.69, 9.17) is 4.74 Å². The van der Waals surface area contributed by atoms with Gasteiger partial charge in [0.15, 0.2) is 18.2 Å². The number of rotatable bonds is 6. The topological polar surface area (TPSA) is 35.5 Å². The molecular weight excluding hydrogens is 388 g/mol. The molecule has 1 saturated carbocycles. The Morgan fingerprint density at radius 3 is 2.48 bits per heavy atom. The summed E-state index contributed by atoms with van der Waals surface area (Å²) in [6.45, 7) is 0.597. The molecule has 1 aliphatic rings. The second kappa shape index (κ2) is 9.01. The molecule has 0 unspecified atom stereocenters. The van der Waals surface area contributed by atoms with Crippen LogP contribution in [0.15, 0.2) is 30.3 Å². The summed E-state index contributed by atoms with van der Waals surface area (Å²) >= 11 is 0. The zero-order valence-corrected chi connectivity index (χ0v) is 16.2. The maximum atomic E-state index is 14.4. The van der Waals surface area contributed by atoms with Crippen LogP contribution in [-0.2, 0) is 4.79 Å². The Bertz CT molecular complexity index is 855. The van der Waals surface area contributed by atoms with Gasteiger partial charge in [-0.3, -0.25) is 4.79 Å². The molecule has 0 N–H and O–H groups in total. The first kappa shape index (κ1) is 21.4. The normalized spacial score (nSPS) is 19.9. The molecule has 1 fully saturated rings. The van der Waals surface area contributed by atoms with E-state index >= 15 is 0 Å². The van der Waals surface area contributed by atoms with Crippen molar-refractivity contribution >= 4 is 16.7 Å². The van der Waals surface area contributed by atoms with E-state index in [1.165, 1.54) is 30.7 Å². The Labute approximate surface area is 167 Å². The second-order valence-corrected chi connectivity index (χ2v) is 7.59. The molecule has 0 atom stereocenters. The molecule has 1 aliphatic carbocycles. The van der Waals surface area contributed by atoms with E-state index in [-0.39, 0.29) is 17.3 Å². The molecule has 0 spiro atoms. The number of esters is 1. The molecule has 3 nitrogen and oxygen atoms in total. The van der Waals surface area contributed by atoms with Gasteiger partial charge in [-0.15, -0.1) is 0 Å². The highest BCUT2D eigenvalue weighted by atomic mass is 19.4. The maximum Gasteiger partial charge on any atom is 0.422 e. The average molecular weight is 412 g/mol. The number of benzene rings is 2. The van der Waals surface area contributed by atoms with Crippen molar-refractivity contribution < 1.29 is 31.8 Å². The number of hydrogen-bond donors (Lipinski definition) is 0. The highest BCUT2D eigenvalue weighted by Crippen LogP contribution is 2.34. The Morgan fingerprint density at radius 1 is 1.10 bits per heavy atom. The van der Waals surface area contributed by atoms with Crippen LogP contribution in [0.3, 0.4) is 0 Å². The Morgan fingerprint density at radius 2 is 1.83 bits per heavy atom. The van der Waals surface area contributed by atoms with Crippen LogP contribution in [-0.4, -0.2) is 18.8 Å². The minimum absolute atomic E-state index is 0.101. The predicted octanol–water partition coefficient (Wildman–Crippen LogP) is 6.43. The molecule has 0 heterocycles. The minimum atomic E-state index is -4.55. The highest BCUT2D eigenvalue weighted by molar-refractivity contribution is 5.87. The van der Waals surface area contributed by atoms with E-state index in [0.717, 1.165) is 38.2 Å². The maximum absolute atomic E-state index is 14.4. The minimum Gasteiger partial charge on any atom is -0.481 e. The number of ether oxygens (including phenoxy) is 2. The van der Waals surface area contributed by atoms with E-state index in [1.807, 2.05) is 0 Å². The van der Waals surface area contributed by atoms with E-state index < -0.39 is 24.3 Å². The second-order valence-electron chi connectivity index (χ2n) is 7.59. The summed E-state index contributed by atoms with van der Waals surface area (Å²) in [5.41, 5.74) is 0. The third kappa shape index (κ3) is 5.61. The summed E-state index contributed by atoms with van der Waals surface area (Å²) in [6, 6.07) is 6.92. The standard InChI is InChI=1S/C22H24F4O3/c1-2-3-14-4-6-15(7-5-14)21(27)29-17-9-10-18-16(12-17)8-11-19(20(18)23)28-13-22(24,25)26/h8-12,14-15H,2-7,13H2,1H3. The molecule has 2 aromatic rings. The summed E-state index contributed by atoms with van der Waals surface area (Å²) < 4.78 is 61.3. The van der Waals surface area contributed by atoms with Crippen molar-refractivity contribution in [3.8, 4) is 11.5 Å². The molecule has 0 aliphatic heterocycles. The summed E-state index contributed by atoms with van der Waals surface area (Å²) in [6.07, 6.45) is 1.46. The van der Waals surface area contributed by atoms with Gasteiger partial charge in [-0.2, -0.15) is 13.2 Å². The number of halogens is 4. The molecule has 3 rings (SSSR count). The van der Waals surface area contributed by atoms with Gasteiger partial charge in [0.25, 0.3) is 0 Å². The number of fused-ring (bicyclic) bond motifs is 1. The van der Waals surface area contributed by atoms with Gasteiger partial charge < -0.3 is 9.47 Å². The summed E-state index contributed by atoms with van der Waals surface area (Å²) in [5.74, 6) is -0.788. The van der Waals surface area contributed by atoms with Crippen LogP contribution in [0.2, 0.25) is 0 Å². The summed E-state index contributed by atoms with van der Waals surface area (Å²) in [7, 11) is 0. The molecule has 7 heteroatoms. The largest absolute Gasteiger partial charge is 0.481 e. The number of hydrogen-bond acceptors (Lipinski definition) is 3. The summed E-state index contributed by atoms with van der Waals surface area (Å²) in [4.78, 5) is 12.4. The lowest BCUT2D eigenvalue weighted by Crippen LogP contribution is -2.25. The lowest BCUT2D eigenvalue weighted by Gasteiger charge is -2.26. The number of carbonyl (C=O) groups excluding carboxylic acids is 1. The van der Waals surface area contributed by atoms with Crippen molar-refractivity contribution in [2.24, 2.45) is 11.8 Å². The van der Waals surface area contributed by atoms with Gasteiger partial charge in [0, 0.05) is 5.39 Å². The van der Waals surface area contributed by atoms with Crippen LogP contribution < -0.4 is 9.47 Å². The smallest absolute Gasteiger partial charge is 0.422 e. The third-order valence-electron chi connectivity index (χ3n) is 5.38. The number of carbonyl (C=O) groups is 1. The van der Waals surface area contributed by atoms with E-state index in [1.54, 1.807) is 0 Å². The monoisotopic (exact) mass is 412 g/mol. The van der Waals surface area contributed by atoms with Crippen molar-refractivity contribution in [2.75, 3.05) is 6.61 Å². The van der Waals surface area contributed by atoms with Crippen LogP contribution in [0.25, 0.3) is 10.8 Å². The Hall–Kier alpha value is -2.31. The zero-order valence-electron chi connectivity index (χ0n) is 16.2. The van der Waals surface area contributed by atoms with Gasteiger partial charge in [-0.25, -0.2) is 4.39 Å². The zero-order chi connectivity index (χ0) is 21.0. The van der Waals surface area contributed by atoms with Crippen molar-refractivity contribution in [2.45, 2.75) is 51.6 Å². The van der Waals surface area contributed by atoms with Crippen molar-refractivity contribution in [3.63, 3.8) is 0 Å². The van der Waals surface area contributed by atoms with Gasteiger partial charge in [0.1, 0.15) is 5.75 Å². The lowest BCUT2D eigenvalue weighted by molar-refractivity contribution is -0.153. The van der Waals surface area contributed by atoms with Crippen LogP contribution in [0.1, 0.15) is 45.4 Å². The van der Waals surface area contributed by atoms with Crippen molar-refractivity contribution in [1.82, 2.24) is 0 Å². The van der Waals surface area contributed by atoms with Gasteiger partial charge in [0.05, 0.1) is 5.92 Å². The highest BCUT2D eigenvalue weighted by Gasteiger charge is 2.29. The average Bonchev–Trinajstić information content (AvgIpc) is 2.67. The molecule has 0 aromatic heterocycles. The van der Waals surface area contributed by atoms with Crippen molar-refractivity contribution in [3.05, 3.63) is 36.1 Å². The SMILES string of the molecule is CCCC1CCC(C(=O)Oc2ccc3c(F)c(OCC(F)(F)F)ccc3c2)CC1. The fourth-order valence-corrected chi connectivity index (χ4v) is 3.88. The van der Waals surface area contributed by atoms with Gasteiger partial charge in [0.2, 0.25) is 0 Å². The van der Waals surface area contributed by atoms with Gasteiger partial charge in [-0.05, 0) is 61.3 Å². The Balaban J connectivity index is 1.66. The first-order chi connectivity index (χ1) is 13.8. The van der Waals surface area contributed by atoms with Crippen LogP contribution in [0.5, 0.6) is 11.5 Å². The lowest BCUT2D eigenvalue weighted by atomic mass is 9.80. The molecular formula is C22H24F4O3. The first-order valence-corrected chi connectivity index (χ1v) is 9.90. The van der Waals surface area contributed by atoms with E-state index in [0.29, 0.717) is 17.1 Å². The molecule has 29 heavy (non-hydrogen) atoms. The van der Waals surface area contributed by atoms with Crippen LogP contribution in [0.4, 0.5) is 17.6 Å². The van der Waals surface area contributed by atoms with Gasteiger partial charge in [-0.1, -0.05) is 25.8 Å². The van der Waals surface area contributed by atoms with Crippen LogP contribution in [0, 0.1) is 17.7 Å². The third-order valence-corrected chi connectivity index (χ3v) is 5.38. The van der Waals surface area contributed by atoms with Crippen molar-refractivity contribution in [1.29, 1.82) is 0 Å². The first-order valence-electron chi connectivity index (χ1n) is 9.90. The fourth-order valence-electron chi connectivity index (χ4n) is 3.88. The summed E-state index contributed by atoms with van der Waals surface area (Å²) in [5, 5.41) is 0.517. The molecule has 0 saturated heterocycles. The molecule has 2 aromatic carbocycles. The molecule has 0 bridgehead atoms. The van der Waals surface area contributed by atoms with Crippen LogP contribution >= 0.6 is 0 Å². The number of alkyl halides is 3. The molecule has 0 amide bonds. The molecule has 0 radical (unpaired) electrons. The quantitative estimate of drug-likeness (QED) is 0.311. The molecule has 158 valence electrons. The van der Waals surface area contributed by atoms with E-state index in [2.05, 4.69) is 11.7 Å².